The molecular formula is C17H16N+. The summed E-state index contributed by atoms with van der Waals surface area (Å²) in [7, 11) is 2.16. The molecular weight excluding hydrogens is 218 g/mol. The van der Waals surface area contributed by atoms with Gasteiger partial charge in [0.1, 0.15) is 0 Å². The zero-order valence-corrected chi connectivity index (χ0v) is 10.9. The maximum atomic E-state index is 4.95. The summed E-state index contributed by atoms with van der Waals surface area (Å²) in [5.41, 5.74) is 0. The van der Waals surface area contributed by atoms with Gasteiger partial charge in [-0.05, 0) is 29.6 Å². The molecule has 0 aromatic rings. The third-order valence-corrected chi connectivity index (χ3v) is 3.00. The van der Waals surface area contributed by atoms with Gasteiger partial charge in [-0.2, -0.15) is 0 Å². The van der Waals surface area contributed by atoms with Gasteiger partial charge in [-0.1, -0.05) is 6.92 Å². The second kappa shape index (κ2) is 7.16. The standard InChI is InChI=1S/C17H16N/c1-4-5-6-7-8-9-10-11-14-18(3)15-12-17(2)13-16-18/h1,17H,12-13,15-16H2,2-3H3/q+1. The van der Waals surface area contributed by atoms with Gasteiger partial charge in [0.15, 0.2) is 6.04 Å². The van der Waals surface area contributed by atoms with Gasteiger partial charge in [-0.25, -0.2) is 4.48 Å². The molecule has 1 heterocycles. The molecule has 0 N–H and O–H groups in total. The van der Waals surface area contributed by atoms with Crippen molar-refractivity contribution in [1.29, 1.82) is 0 Å². The summed E-state index contributed by atoms with van der Waals surface area (Å²) < 4.78 is 0.795. The predicted molar refractivity (Wildman–Crippen MR) is 74.3 cm³/mol. The first kappa shape index (κ1) is 13.8. The van der Waals surface area contributed by atoms with E-state index in [4.69, 9.17) is 6.42 Å². The molecule has 0 amide bonds. The van der Waals surface area contributed by atoms with E-state index in [1.807, 2.05) is 0 Å². The molecule has 0 saturated carbocycles. The minimum Gasteiger partial charge on any atom is -0.248 e. The monoisotopic (exact) mass is 234 g/mol. The van der Waals surface area contributed by atoms with Crippen LogP contribution in [0.15, 0.2) is 0 Å². The first-order chi connectivity index (χ1) is 8.66. The zero-order valence-electron chi connectivity index (χ0n) is 10.9. The summed E-state index contributed by atoms with van der Waals surface area (Å²) in [6.45, 7) is 4.51. The summed E-state index contributed by atoms with van der Waals surface area (Å²) in [6, 6.07) is 3.20. The van der Waals surface area contributed by atoms with E-state index in [0.717, 1.165) is 23.5 Å². The summed E-state index contributed by atoms with van der Waals surface area (Å²) in [4.78, 5) is 0. The molecule has 1 fully saturated rings. The smallest absolute Gasteiger partial charge is 0.151 e. The number of hydrogen-bond donors (Lipinski definition) is 0. The van der Waals surface area contributed by atoms with Gasteiger partial charge in [0.2, 0.25) is 0 Å². The molecule has 0 aliphatic carbocycles. The summed E-state index contributed by atoms with van der Waals surface area (Å²) in [5.74, 6) is 21.3. The quantitative estimate of drug-likeness (QED) is 0.440. The lowest BCUT2D eigenvalue weighted by molar-refractivity contribution is -0.850. The van der Waals surface area contributed by atoms with Crippen molar-refractivity contribution < 1.29 is 4.48 Å². The molecule has 0 aromatic heterocycles. The Balaban J connectivity index is 2.53. The highest BCUT2D eigenvalue weighted by molar-refractivity contribution is 5.41. The van der Waals surface area contributed by atoms with Crippen LogP contribution in [0.4, 0.5) is 0 Å². The van der Waals surface area contributed by atoms with Crippen molar-refractivity contribution in [2.45, 2.75) is 19.8 Å². The van der Waals surface area contributed by atoms with Gasteiger partial charge in [-0.3, -0.25) is 0 Å². The van der Waals surface area contributed by atoms with E-state index in [1.54, 1.807) is 0 Å². The molecule has 88 valence electrons. The van der Waals surface area contributed by atoms with Crippen molar-refractivity contribution in [1.82, 2.24) is 0 Å². The van der Waals surface area contributed by atoms with Gasteiger partial charge in [0.25, 0.3) is 0 Å². The average molecular weight is 234 g/mol. The van der Waals surface area contributed by atoms with Crippen LogP contribution in [0.5, 0.6) is 0 Å². The molecule has 0 aromatic carbocycles. The molecule has 18 heavy (non-hydrogen) atoms. The van der Waals surface area contributed by atoms with Crippen LogP contribution >= 0.6 is 0 Å². The van der Waals surface area contributed by atoms with Crippen molar-refractivity contribution >= 4 is 0 Å². The summed E-state index contributed by atoms with van der Waals surface area (Å²) in [5, 5.41) is 0. The first-order valence-electron chi connectivity index (χ1n) is 5.99. The SMILES string of the molecule is C#CC#CC#CC#CC#C[N+]1(C)CCC(C)CC1. The minimum absolute atomic E-state index is 0.795. The largest absolute Gasteiger partial charge is 0.248 e. The fourth-order valence-corrected chi connectivity index (χ4v) is 1.73. The molecule has 1 saturated heterocycles. The van der Waals surface area contributed by atoms with Crippen LogP contribution < -0.4 is 0 Å². The highest BCUT2D eigenvalue weighted by Gasteiger charge is 2.26. The third kappa shape index (κ3) is 5.20. The minimum atomic E-state index is 0.795. The Morgan fingerprint density at radius 1 is 0.889 bits per heavy atom. The molecule has 1 heteroatoms. The molecule has 1 rings (SSSR count). The molecule has 0 bridgehead atoms. The first-order valence-corrected chi connectivity index (χ1v) is 5.99. The lowest BCUT2D eigenvalue weighted by atomic mass is 9.98. The van der Waals surface area contributed by atoms with E-state index >= 15 is 0 Å². The van der Waals surface area contributed by atoms with Crippen LogP contribution in [0.3, 0.4) is 0 Å². The molecule has 1 aliphatic rings. The Labute approximate surface area is 111 Å². The van der Waals surface area contributed by atoms with Crippen molar-refractivity contribution in [2.24, 2.45) is 5.92 Å². The Morgan fingerprint density at radius 3 is 1.94 bits per heavy atom. The second-order valence-electron chi connectivity index (χ2n) is 4.66. The fraction of sp³-hybridized carbons (Fsp3) is 0.412. The Bertz CT molecular complexity index is 565. The predicted octanol–water partition coefficient (Wildman–Crippen LogP) is 1.47. The lowest BCUT2D eigenvalue weighted by Gasteiger charge is -2.33. The number of rotatable bonds is 0. The van der Waals surface area contributed by atoms with Gasteiger partial charge in [0, 0.05) is 30.6 Å². The fourth-order valence-electron chi connectivity index (χ4n) is 1.73. The van der Waals surface area contributed by atoms with E-state index in [0.29, 0.717) is 0 Å². The lowest BCUT2D eigenvalue weighted by Crippen LogP contribution is -2.45. The topological polar surface area (TPSA) is 0 Å². The van der Waals surface area contributed by atoms with Crippen molar-refractivity contribution in [3.05, 3.63) is 0 Å². The highest BCUT2D eigenvalue weighted by Crippen LogP contribution is 2.20. The number of quaternary nitrogens is 1. The van der Waals surface area contributed by atoms with Crippen molar-refractivity contribution in [3.8, 4) is 59.8 Å². The summed E-state index contributed by atoms with van der Waals surface area (Å²) in [6.07, 6.45) is 7.42. The maximum absolute atomic E-state index is 4.95. The number of hydrogen-bond acceptors (Lipinski definition) is 0. The maximum Gasteiger partial charge on any atom is 0.151 e. The van der Waals surface area contributed by atoms with Crippen LogP contribution in [-0.4, -0.2) is 24.6 Å². The van der Waals surface area contributed by atoms with E-state index in [-0.39, 0.29) is 0 Å². The van der Waals surface area contributed by atoms with Crippen LogP contribution in [0, 0.1) is 65.7 Å². The van der Waals surface area contributed by atoms with Crippen molar-refractivity contribution in [3.63, 3.8) is 0 Å². The van der Waals surface area contributed by atoms with Gasteiger partial charge >= 0.3 is 0 Å². The normalized spacial score (nSPS) is 24.4. The Morgan fingerprint density at radius 2 is 1.39 bits per heavy atom. The number of likely N-dealkylation sites (tertiary alicyclic amines) is 1. The zero-order chi connectivity index (χ0) is 13.3. The van der Waals surface area contributed by atoms with Crippen LogP contribution in [0.25, 0.3) is 0 Å². The van der Waals surface area contributed by atoms with E-state index in [1.165, 1.54) is 12.8 Å². The Kier molecular flexibility index (Phi) is 5.50. The summed E-state index contributed by atoms with van der Waals surface area (Å²) >= 11 is 0. The third-order valence-electron chi connectivity index (χ3n) is 3.00. The molecule has 0 radical (unpaired) electrons. The molecule has 0 atom stereocenters. The van der Waals surface area contributed by atoms with Crippen LogP contribution in [-0.2, 0) is 0 Å². The Hall–Kier alpha value is -2.24. The van der Waals surface area contributed by atoms with Crippen LogP contribution in [0.2, 0.25) is 0 Å². The number of nitrogens with zero attached hydrogens (tertiary/aromatic N) is 1. The van der Waals surface area contributed by atoms with E-state index in [2.05, 4.69) is 67.4 Å². The number of piperidine rings is 1. The van der Waals surface area contributed by atoms with E-state index < -0.39 is 0 Å². The van der Waals surface area contributed by atoms with Crippen molar-refractivity contribution in [2.75, 3.05) is 20.1 Å². The van der Waals surface area contributed by atoms with Crippen LogP contribution in [0.1, 0.15) is 19.8 Å². The molecule has 0 unspecified atom stereocenters. The molecule has 1 aliphatic heterocycles. The van der Waals surface area contributed by atoms with E-state index in [9.17, 15) is 0 Å². The second-order valence-corrected chi connectivity index (χ2v) is 4.66. The van der Waals surface area contributed by atoms with Gasteiger partial charge < -0.3 is 0 Å². The number of terminal acetylenes is 1. The average Bonchev–Trinajstić information content (AvgIpc) is 2.37. The van der Waals surface area contributed by atoms with Gasteiger partial charge in [-0.15, -0.1) is 6.42 Å². The van der Waals surface area contributed by atoms with Gasteiger partial charge in [0.05, 0.1) is 26.1 Å². The highest BCUT2D eigenvalue weighted by atomic mass is 15.3. The molecule has 1 nitrogen and oxygen atoms in total. The molecule has 0 spiro atoms.